The molecule has 184 valence electrons. The van der Waals surface area contributed by atoms with Crippen LogP contribution in [-0.4, -0.2) is 42.3 Å². The van der Waals surface area contributed by atoms with E-state index in [0.717, 1.165) is 36.1 Å². The summed E-state index contributed by atoms with van der Waals surface area (Å²) in [6.45, 7) is -0.102. The van der Waals surface area contributed by atoms with Gasteiger partial charge >= 0.3 is 0 Å². The van der Waals surface area contributed by atoms with Gasteiger partial charge in [0.15, 0.2) is 5.76 Å². The first-order chi connectivity index (χ1) is 17.0. The molecule has 0 unspecified atom stereocenters. The van der Waals surface area contributed by atoms with E-state index in [4.69, 9.17) is 9.15 Å². The quantitative estimate of drug-likeness (QED) is 0.444. The van der Waals surface area contributed by atoms with E-state index >= 15 is 0 Å². The Bertz CT molecular complexity index is 1120. The van der Waals surface area contributed by atoms with Crippen molar-refractivity contribution in [2.45, 2.75) is 44.3 Å². The highest BCUT2D eigenvalue weighted by molar-refractivity contribution is 7.10. The van der Waals surface area contributed by atoms with E-state index in [-0.39, 0.29) is 36.7 Å². The number of nitrogens with one attached hydrogen (secondary N) is 2. The number of nitrogens with zero attached hydrogens (tertiary/aromatic N) is 1. The van der Waals surface area contributed by atoms with Crippen LogP contribution in [0.2, 0.25) is 0 Å². The van der Waals surface area contributed by atoms with Crippen molar-refractivity contribution in [2.75, 3.05) is 13.7 Å². The van der Waals surface area contributed by atoms with Crippen molar-refractivity contribution >= 4 is 29.1 Å². The van der Waals surface area contributed by atoms with E-state index in [2.05, 4.69) is 10.6 Å². The summed E-state index contributed by atoms with van der Waals surface area (Å²) in [7, 11) is 1.58. The van der Waals surface area contributed by atoms with Crippen molar-refractivity contribution in [3.63, 3.8) is 0 Å². The van der Waals surface area contributed by atoms with Crippen LogP contribution < -0.4 is 15.4 Å². The van der Waals surface area contributed by atoms with E-state index in [1.807, 2.05) is 41.8 Å². The number of carbonyl (C=O) groups excluding carboxylic acids is 3. The third kappa shape index (κ3) is 6.30. The molecule has 4 rings (SSSR count). The lowest BCUT2D eigenvalue weighted by Gasteiger charge is -2.31. The Hall–Kier alpha value is -3.59. The van der Waals surface area contributed by atoms with Gasteiger partial charge in [0, 0.05) is 17.5 Å². The van der Waals surface area contributed by atoms with Crippen molar-refractivity contribution in [3.8, 4) is 5.75 Å². The molecule has 9 heteroatoms. The predicted molar refractivity (Wildman–Crippen MR) is 132 cm³/mol. The second-order valence-corrected chi connectivity index (χ2v) is 9.42. The normalized spacial score (nSPS) is 14.3. The van der Waals surface area contributed by atoms with Crippen LogP contribution in [0.25, 0.3) is 0 Å². The molecule has 1 aliphatic rings. The van der Waals surface area contributed by atoms with Crippen molar-refractivity contribution < 1.29 is 23.5 Å². The Labute approximate surface area is 208 Å². The summed E-state index contributed by atoms with van der Waals surface area (Å²) in [5.41, 5.74) is 0.810. The second kappa shape index (κ2) is 11.7. The fraction of sp³-hybridized carbons (Fsp3) is 0.346. The Morgan fingerprint density at radius 3 is 2.66 bits per heavy atom. The fourth-order valence-electron chi connectivity index (χ4n) is 4.26. The lowest BCUT2D eigenvalue weighted by Crippen LogP contribution is -2.48. The molecule has 35 heavy (non-hydrogen) atoms. The fourth-order valence-corrected chi connectivity index (χ4v) is 5.10. The van der Waals surface area contributed by atoms with E-state index in [1.54, 1.807) is 13.2 Å². The van der Waals surface area contributed by atoms with Crippen LogP contribution in [0.3, 0.4) is 0 Å². The first kappa shape index (κ1) is 24.5. The molecule has 1 aromatic carbocycles. The summed E-state index contributed by atoms with van der Waals surface area (Å²) >= 11 is 1.42. The van der Waals surface area contributed by atoms with Crippen molar-refractivity contribution in [2.24, 2.45) is 0 Å². The molecule has 3 amide bonds. The van der Waals surface area contributed by atoms with E-state index in [9.17, 15) is 14.4 Å². The highest BCUT2D eigenvalue weighted by Crippen LogP contribution is 2.29. The van der Waals surface area contributed by atoms with E-state index in [1.165, 1.54) is 28.6 Å². The maximum absolute atomic E-state index is 13.6. The number of hydrogen-bond acceptors (Lipinski definition) is 6. The zero-order valence-corrected chi connectivity index (χ0v) is 20.4. The van der Waals surface area contributed by atoms with Gasteiger partial charge in [0.25, 0.3) is 5.91 Å². The first-order valence-electron chi connectivity index (χ1n) is 11.6. The smallest absolute Gasteiger partial charge is 0.287 e. The van der Waals surface area contributed by atoms with Crippen LogP contribution in [-0.2, 0) is 16.1 Å². The molecule has 3 aromatic rings. The van der Waals surface area contributed by atoms with Gasteiger partial charge in [0.1, 0.15) is 11.8 Å². The number of thiophene rings is 1. The summed E-state index contributed by atoms with van der Waals surface area (Å²) in [4.78, 5) is 41.7. The minimum Gasteiger partial charge on any atom is -0.497 e. The number of hydrogen-bond donors (Lipinski definition) is 2. The van der Waals surface area contributed by atoms with Gasteiger partial charge in [0.05, 0.1) is 19.9 Å². The number of furan rings is 1. The van der Waals surface area contributed by atoms with Gasteiger partial charge in [-0.3, -0.25) is 14.4 Å². The van der Waals surface area contributed by atoms with Gasteiger partial charge in [0.2, 0.25) is 11.8 Å². The van der Waals surface area contributed by atoms with Crippen LogP contribution >= 0.6 is 11.3 Å². The topological polar surface area (TPSA) is 101 Å². The lowest BCUT2D eigenvalue weighted by molar-refractivity contribution is -0.141. The molecule has 1 atom stereocenters. The van der Waals surface area contributed by atoms with Gasteiger partial charge in [-0.15, -0.1) is 11.3 Å². The monoisotopic (exact) mass is 495 g/mol. The van der Waals surface area contributed by atoms with Crippen molar-refractivity contribution in [1.29, 1.82) is 0 Å². The summed E-state index contributed by atoms with van der Waals surface area (Å²) in [6.07, 6.45) is 5.43. The molecule has 0 saturated heterocycles. The Balaban J connectivity index is 1.60. The van der Waals surface area contributed by atoms with E-state index < -0.39 is 11.9 Å². The number of amides is 3. The molecule has 0 bridgehead atoms. The maximum atomic E-state index is 13.6. The zero-order valence-electron chi connectivity index (χ0n) is 19.6. The standard InChI is InChI=1S/C26H29N3O5S/c1-33-20-10-4-7-18(15-20)17-29(23(30)16-27-25(31)21-11-5-13-34-21)24(22-12-6-14-35-22)26(32)28-19-8-2-3-9-19/h4-7,10-15,19,24H,2-3,8-9,16-17H2,1H3,(H,27,31)(H,28,32)/t24-/m0/s1. The van der Waals surface area contributed by atoms with Gasteiger partial charge < -0.3 is 24.7 Å². The largest absolute Gasteiger partial charge is 0.497 e. The Morgan fingerprint density at radius 2 is 1.97 bits per heavy atom. The molecule has 8 nitrogen and oxygen atoms in total. The van der Waals surface area contributed by atoms with Crippen LogP contribution in [0.5, 0.6) is 5.75 Å². The van der Waals surface area contributed by atoms with Gasteiger partial charge in [-0.25, -0.2) is 0 Å². The van der Waals surface area contributed by atoms with Crippen LogP contribution in [0, 0.1) is 0 Å². The third-order valence-corrected chi connectivity index (χ3v) is 6.95. The number of carbonyl (C=O) groups is 3. The molecular formula is C26H29N3O5S. The lowest BCUT2D eigenvalue weighted by atomic mass is 10.1. The van der Waals surface area contributed by atoms with Gasteiger partial charge in [-0.2, -0.15) is 0 Å². The molecule has 2 heterocycles. The number of ether oxygens (including phenoxy) is 1. The predicted octanol–water partition coefficient (Wildman–Crippen LogP) is 3.91. The van der Waals surface area contributed by atoms with Crippen LogP contribution in [0.1, 0.15) is 52.7 Å². The number of benzene rings is 1. The first-order valence-corrected chi connectivity index (χ1v) is 12.5. The molecule has 2 N–H and O–H groups in total. The molecule has 1 saturated carbocycles. The SMILES string of the molecule is COc1cccc(CN(C(=O)CNC(=O)c2ccco2)[C@H](C(=O)NC2CCCC2)c2cccs2)c1. The van der Waals surface area contributed by atoms with Crippen molar-refractivity contribution in [3.05, 3.63) is 76.4 Å². The maximum Gasteiger partial charge on any atom is 0.287 e. The van der Waals surface area contributed by atoms with Crippen molar-refractivity contribution in [1.82, 2.24) is 15.5 Å². The number of methoxy groups -OCH3 is 1. The summed E-state index contributed by atoms with van der Waals surface area (Å²) in [5, 5.41) is 7.64. The third-order valence-electron chi connectivity index (χ3n) is 6.03. The molecular weight excluding hydrogens is 466 g/mol. The summed E-state index contributed by atoms with van der Waals surface area (Å²) in [5.74, 6) is -0.316. The Morgan fingerprint density at radius 1 is 1.14 bits per heavy atom. The Kier molecular flexibility index (Phi) is 8.20. The molecule has 1 aliphatic carbocycles. The van der Waals surface area contributed by atoms with Gasteiger partial charge in [-0.1, -0.05) is 31.0 Å². The minimum atomic E-state index is -0.824. The highest BCUT2D eigenvalue weighted by Gasteiger charge is 2.34. The molecule has 0 spiro atoms. The van der Waals surface area contributed by atoms with Crippen LogP contribution in [0.4, 0.5) is 0 Å². The van der Waals surface area contributed by atoms with Gasteiger partial charge in [-0.05, 0) is 54.1 Å². The average Bonchev–Trinajstić information content (AvgIpc) is 3.66. The molecule has 1 fully saturated rings. The molecule has 0 aliphatic heterocycles. The minimum absolute atomic E-state index is 0.109. The zero-order chi connectivity index (χ0) is 24.6. The highest BCUT2D eigenvalue weighted by atomic mass is 32.1. The number of rotatable bonds is 10. The van der Waals surface area contributed by atoms with Crippen LogP contribution in [0.15, 0.2) is 64.6 Å². The average molecular weight is 496 g/mol. The summed E-state index contributed by atoms with van der Waals surface area (Å²) < 4.78 is 10.5. The van der Waals surface area contributed by atoms with E-state index in [0.29, 0.717) is 5.75 Å². The molecule has 0 radical (unpaired) electrons. The summed E-state index contributed by atoms with van der Waals surface area (Å²) in [6, 6.07) is 13.5. The second-order valence-electron chi connectivity index (χ2n) is 8.44. The molecule has 2 aromatic heterocycles.